The lowest BCUT2D eigenvalue weighted by Crippen LogP contribution is -2.32. The summed E-state index contributed by atoms with van der Waals surface area (Å²) in [5.41, 5.74) is 6.25. The number of nitrogens with two attached hydrogens (primary N) is 1. The smallest absolute Gasteiger partial charge is 0.408 e. The van der Waals surface area contributed by atoms with E-state index in [2.05, 4.69) is 0 Å². The highest BCUT2D eigenvalue weighted by Gasteiger charge is 2.29. The highest BCUT2D eigenvalue weighted by atomic mass is 35.5. The number of primary amides is 1. The number of likely N-dealkylation sites (tertiary alicyclic amines) is 1. The number of hydrogen-bond acceptors (Lipinski definition) is 4. The molecular weight excluding hydrogens is 322 g/mol. The number of carbonyl (C=O) groups excluding carboxylic acids is 2. The number of carbonyl (C=O) groups is 2. The van der Waals surface area contributed by atoms with E-state index in [0.29, 0.717) is 35.6 Å². The molecule has 8 heteroatoms. The van der Waals surface area contributed by atoms with Crippen LogP contribution in [0.4, 0.5) is 0 Å². The second-order valence-corrected chi connectivity index (χ2v) is 6.05. The lowest BCUT2D eigenvalue weighted by Gasteiger charge is -2.15. The second-order valence-electron chi connectivity index (χ2n) is 5.61. The number of benzene rings is 1. The fourth-order valence-corrected chi connectivity index (χ4v) is 3.00. The summed E-state index contributed by atoms with van der Waals surface area (Å²) in [7, 11) is 0. The molecule has 23 heavy (non-hydrogen) atoms. The van der Waals surface area contributed by atoms with Crippen molar-refractivity contribution in [2.45, 2.75) is 19.4 Å². The van der Waals surface area contributed by atoms with Crippen LogP contribution in [0, 0.1) is 5.92 Å². The molecule has 3 rings (SSSR count). The topological polar surface area (TPSA) is 98.5 Å². The van der Waals surface area contributed by atoms with Gasteiger partial charge in [0, 0.05) is 37.1 Å². The van der Waals surface area contributed by atoms with Crippen molar-refractivity contribution >= 4 is 34.5 Å². The Kier molecular flexibility index (Phi) is 4.12. The summed E-state index contributed by atoms with van der Waals surface area (Å²) in [6.07, 6.45) is 0.747. The Morgan fingerprint density at radius 2 is 2.17 bits per heavy atom. The number of aromatic nitrogens is 1. The van der Waals surface area contributed by atoms with Crippen molar-refractivity contribution in [3.8, 4) is 0 Å². The third-order valence-corrected chi connectivity index (χ3v) is 4.36. The third-order valence-electron chi connectivity index (χ3n) is 4.12. The van der Waals surface area contributed by atoms with Gasteiger partial charge < -0.3 is 15.1 Å². The molecular formula is C15H16ClN3O4. The molecule has 1 aromatic carbocycles. The normalized spacial score (nSPS) is 17.8. The van der Waals surface area contributed by atoms with Gasteiger partial charge in [-0.15, -0.1) is 0 Å². The van der Waals surface area contributed by atoms with Crippen LogP contribution in [-0.2, 0) is 16.1 Å². The van der Waals surface area contributed by atoms with Gasteiger partial charge >= 0.3 is 5.76 Å². The minimum Gasteiger partial charge on any atom is -0.408 e. The molecule has 2 N–H and O–H groups in total. The summed E-state index contributed by atoms with van der Waals surface area (Å²) < 4.78 is 6.53. The molecule has 1 aromatic heterocycles. The average Bonchev–Trinajstić information content (AvgIpc) is 3.09. The largest absolute Gasteiger partial charge is 0.419 e. The highest BCUT2D eigenvalue weighted by Crippen LogP contribution is 2.20. The van der Waals surface area contributed by atoms with E-state index in [1.807, 2.05) is 0 Å². The van der Waals surface area contributed by atoms with Crippen LogP contribution in [0.3, 0.4) is 0 Å². The summed E-state index contributed by atoms with van der Waals surface area (Å²) in [4.78, 5) is 36.9. The van der Waals surface area contributed by atoms with E-state index in [0.717, 1.165) is 0 Å². The maximum Gasteiger partial charge on any atom is 0.419 e. The highest BCUT2D eigenvalue weighted by molar-refractivity contribution is 6.31. The number of aryl methyl sites for hydroxylation is 1. The summed E-state index contributed by atoms with van der Waals surface area (Å²) in [6.45, 7) is 1.08. The van der Waals surface area contributed by atoms with Crippen LogP contribution >= 0.6 is 11.6 Å². The van der Waals surface area contributed by atoms with Gasteiger partial charge in [-0.2, -0.15) is 0 Å². The molecule has 122 valence electrons. The molecule has 1 saturated heterocycles. The molecule has 1 aliphatic heterocycles. The van der Waals surface area contributed by atoms with Gasteiger partial charge in [0.05, 0.1) is 11.4 Å². The molecule has 0 bridgehead atoms. The fraction of sp³-hybridized carbons (Fsp3) is 0.400. The summed E-state index contributed by atoms with van der Waals surface area (Å²) in [6, 6.07) is 4.91. The van der Waals surface area contributed by atoms with Crippen LogP contribution in [0.15, 0.2) is 27.4 Å². The zero-order valence-corrected chi connectivity index (χ0v) is 13.1. The van der Waals surface area contributed by atoms with E-state index in [1.165, 1.54) is 4.57 Å². The SMILES string of the molecule is NC(=O)C1CCN(C(=O)CCn2c(=O)oc3cc(Cl)ccc32)C1. The number of oxazole rings is 1. The van der Waals surface area contributed by atoms with Crippen molar-refractivity contribution in [2.24, 2.45) is 11.7 Å². The maximum atomic E-state index is 12.2. The molecule has 2 aromatic rings. The van der Waals surface area contributed by atoms with Crippen LogP contribution in [0.5, 0.6) is 0 Å². The Labute approximate surface area is 136 Å². The van der Waals surface area contributed by atoms with Crippen molar-refractivity contribution in [2.75, 3.05) is 13.1 Å². The van der Waals surface area contributed by atoms with E-state index in [1.54, 1.807) is 23.1 Å². The number of amides is 2. The van der Waals surface area contributed by atoms with Crippen molar-refractivity contribution < 1.29 is 14.0 Å². The van der Waals surface area contributed by atoms with Crippen LogP contribution in [0.2, 0.25) is 5.02 Å². The van der Waals surface area contributed by atoms with Crippen LogP contribution in [-0.4, -0.2) is 34.4 Å². The Morgan fingerprint density at radius 1 is 1.39 bits per heavy atom. The lowest BCUT2D eigenvalue weighted by molar-refractivity contribution is -0.130. The van der Waals surface area contributed by atoms with Crippen molar-refractivity contribution in [1.82, 2.24) is 9.47 Å². The van der Waals surface area contributed by atoms with Gasteiger partial charge in [-0.1, -0.05) is 11.6 Å². The molecule has 0 aliphatic carbocycles. The Hall–Kier alpha value is -2.28. The monoisotopic (exact) mass is 337 g/mol. The van der Waals surface area contributed by atoms with E-state index in [4.69, 9.17) is 21.8 Å². The third kappa shape index (κ3) is 3.10. The number of rotatable bonds is 4. The molecule has 1 aliphatic rings. The van der Waals surface area contributed by atoms with Crippen molar-refractivity contribution in [3.63, 3.8) is 0 Å². The molecule has 1 unspecified atom stereocenters. The van der Waals surface area contributed by atoms with Gasteiger partial charge in [-0.25, -0.2) is 4.79 Å². The Balaban J connectivity index is 1.69. The predicted octanol–water partition coefficient (Wildman–Crippen LogP) is 0.972. The first kappa shape index (κ1) is 15.6. The van der Waals surface area contributed by atoms with E-state index in [9.17, 15) is 14.4 Å². The predicted molar refractivity (Wildman–Crippen MR) is 84.0 cm³/mol. The van der Waals surface area contributed by atoms with Gasteiger partial charge in [-0.3, -0.25) is 14.2 Å². The Morgan fingerprint density at radius 3 is 2.87 bits per heavy atom. The van der Waals surface area contributed by atoms with Crippen molar-refractivity contribution in [1.29, 1.82) is 0 Å². The summed E-state index contributed by atoms with van der Waals surface area (Å²) in [5.74, 6) is -1.29. The van der Waals surface area contributed by atoms with Gasteiger partial charge in [-0.05, 0) is 18.6 Å². The van der Waals surface area contributed by atoms with Crippen LogP contribution in [0.25, 0.3) is 11.1 Å². The van der Waals surface area contributed by atoms with Crippen LogP contribution < -0.4 is 11.5 Å². The number of hydrogen-bond donors (Lipinski definition) is 1. The van der Waals surface area contributed by atoms with E-state index < -0.39 is 5.76 Å². The Bertz CT molecular complexity index is 826. The molecule has 2 heterocycles. The number of nitrogens with zero attached hydrogens (tertiary/aromatic N) is 2. The van der Waals surface area contributed by atoms with Crippen molar-refractivity contribution in [3.05, 3.63) is 33.8 Å². The van der Waals surface area contributed by atoms with Gasteiger partial charge in [0.25, 0.3) is 0 Å². The minimum atomic E-state index is -0.522. The standard InChI is InChI=1S/C15H16ClN3O4/c16-10-1-2-11-12(7-10)23-15(22)19(11)6-4-13(20)18-5-3-9(8-18)14(17)21/h1-2,7,9H,3-6,8H2,(H2,17,21). The quantitative estimate of drug-likeness (QED) is 0.898. The molecule has 2 amide bonds. The number of fused-ring (bicyclic) bond motifs is 1. The first-order valence-corrected chi connectivity index (χ1v) is 7.69. The van der Waals surface area contributed by atoms with Gasteiger partial charge in [0.1, 0.15) is 0 Å². The van der Waals surface area contributed by atoms with E-state index >= 15 is 0 Å². The maximum absolute atomic E-state index is 12.2. The van der Waals surface area contributed by atoms with Gasteiger partial charge in [0.2, 0.25) is 11.8 Å². The summed E-state index contributed by atoms with van der Waals surface area (Å²) in [5, 5.41) is 0.476. The first-order valence-electron chi connectivity index (χ1n) is 7.31. The van der Waals surface area contributed by atoms with E-state index in [-0.39, 0.29) is 30.7 Å². The summed E-state index contributed by atoms with van der Waals surface area (Å²) >= 11 is 5.86. The average molecular weight is 338 g/mol. The molecule has 0 saturated carbocycles. The fourth-order valence-electron chi connectivity index (χ4n) is 2.84. The lowest BCUT2D eigenvalue weighted by atomic mass is 10.1. The second kappa shape index (κ2) is 6.08. The molecule has 1 fully saturated rings. The van der Waals surface area contributed by atoms with Gasteiger partial charge in [0.15, 0.2) is 5.58 Å². The zero-order valence-electron chi connectivity index (χ0n) is 12.3. The minimum absolute atomic E-state index is 0.107. The molecule has 0 radical (unpaired) electrons. The molecule has 0 spiro atoms. The number of halogens is 1. The zero-order chi connectivity index (χ0) is 16.6. The molecule has 7 nitrogen and oxygen atoms in total. The van der Waals surface area contributed by atoms with Crippen LogP contribution in [0.1, 0.15) is 12.8 Å². The first-order chi connectivity index (χ1) is 11.0. The molecule has 1 atom stereocenters.